The van der Waals surface area contributed by atoms with Crippen molar-refractivity contribution in [1.29, 1.82) is 0 Å². The molecule has 0 bridgehead atoms. The third-order valence-corrected chi connectivity index (χ3v) is 3.66. The summed E-state index contributed by atoms with van der Waals surface area (Å²) >= 11 is 0. The fourth-order valence-electron chi connectivity index (χ4n) is 2.12. The van der Waals surface area contributed by atoms with Crippen molar-refractivity contribution in [1.82, 2.24) is 4.98 Å². The standard InChI is InChI=1S/C15H19N3O3/c1-9(8-19)11(3)17-15-6-10(2)16-14-5-4-12(18(20)21)7-13(14)15/h4-7,9,11,19H,8H2,1-3H3,(H,16,17). The molecule has 21 heavy (non-hydrogen) atoms. The van der Waals surface area contributed by atoms with Crippen molar-refractivity contribution in [3.63, 3.8) is 0 Å². The molecule has 1 aromatic carbocycles. The van der Waals surface area contributed by atoms with Crippen LogP contribution in [-0.4, -0.2) is 27.7 Å². The molecule has 2 atom stereocenters. The predicted octanol–water partition coefficient (Wildman–Crippen LogP) is 2.88. The van der Waals surface area contributed by atoms with Crippen molar-refractivity contribution >= 4 is 22.3 Å². The zero-order chi connectivity index (χ0) is 15.6. The van der Waals surface area contributed by atoms with Gasteiger partial charge in [-0.05, 0) is 31.9 Å². The molecule has 0 aliphatic rings. The molecule has 0 spiro atoms. The van der Waals surface area contributed by atoms with Crippen LogP contribution in [0.2, 0.25) is 0 Å². The van der Waals surface area contributed by atoms with Gasteiger partial charge in [-0.25, -0.2) is 0 Å². The number of non-ortho nitro benzene ring substituents is 1. The normalized spacial score (nSPS) is 13.9. The first-order valence-corrected chi connectivity index (χ1v) is 6.85. The van der Waals surface area contributed by atoms with Gasteiger partial charge < -0.3 is 10.4 Å². The fraction of sp³-hybridized carbons (Fsp3) is 0.400. The Labute approximate surface area is 123 Å². The first-order chi connectivity index (χ1) is 9.92. The van der Waals surface area contributed by atoms with Crippen LogP contribution in [0.5, 0.6) is 0 Å². The van der Waals surface area contributed by atoms with Gasteiger partial charge in [-0.3, -0.25) is 15.1 Å². The first kappa shape index (κ1) is 15.2. The van der Waals surface area contributed by atoms with Crippen molar-refractivity contribution < 1.29 is 10.0 Å². The number of nitrogens with zero attached hydrogens (tertiary/aromatic N) is 2. The number of rotatable bonds is 5. The number of pyridine rings is 1. The van der Waals surface area contributed by atoms with Crippen molar-refractivity contribution in [3.8, 4) is 0 Å². The Bertz CT molecular complexity index is 673. The summed E-state index contributed by atoms with van der Waals surface area (Å²) in [5, 5.41) is 24.2. The lowest BCUT2D eigenvalue weighted by Gasteiger charge is -2.21. The number of aromatic nitrogens is 1. The van der Waals surface area contributed by atoms with Crippen LogP contribution in [-0.2, 0) is 0 Å². The van der Waals surface area contributed by atoms with Crippen LogP contribution < -0.4 is 5.32 Å². The Hall–Kier alpha value is -2.21. The van der Waals surface area contributed by atoms with Gasteiger partial charge in [-0.2, -0.15) is 0 Å². The minimum Gasteiger partial charge on any atom is -0.396 e. The molecule has 0 saturated carbocycles. The van der Waals surface area contributed by atoms with Crippen LogP contribution in [0.3, 0.4) is 0 Å². The quantitative estimate of drug-likeness (QED) is 0.652. The van der Waals surface area contributed by atoms with E-state index in [-0.39, 0.29) is 24.3 Å². The number of fused-ring (bicyclic) bond motifs is 1. The summed E-state index contributed by atoms with van der Waals surface area (Å²) in [5.74, 6) is 0.0761. The molecule has 1 heterocycles. The summed E-state index contributed by atoms with van der Waals surface area (Å²) in [6, 6.07) is 6.55. The van der Waals surface area contributed by atoms with Crippen LogP contribution >= 0.6 is 0 Å². The minimum atomic E-state index is -0.414. The number of nitro groups is 1. The second-order valence-electron chi connectivity index (χ2n) is 5.36. The maximum absolute atomic E-state index is 10.9. The molecule has 0 aliphatic carbocycles. The van der Waals surface area contributed by atoms with Crippen LogP contribution in [0.25, 0.3) is 10.9 Å². The lowest BCUT2D eigenvalue weighted by molar-refractivity contribution is -0.384. The highest BCUT2D eigenvalue weighted by atomic mass is 16.6. The number of anilines is 1. The number of aryl methyl sites for hydroxylation is 1. The summed E-state index contributed by atoms with van der Waals surface area (Å²) in [7, 11) is 0. The van der Waals surface area contributed by atoms with E-state index in [4.69, 9.17) is 0 Å². The van der Waals surface area contributed by atoms with E-state index in [1.165, 1.54) is 12.1 Å². The van der Waals surface area contributed by atoms with Crippen LogP contribution in [0.4, 0.5) is 11.4 Å². The Morgan fingerprint density at radius 1 is 1.38 bits per heavy atom. The third kappa shape index (κ3) is 3.28. The second kappa shape index (κ2) is 6.05. The van der Waals surface area contributed by atoms with E-state index in [9.17, 15) is 15.2 Å². The molecule has 6 heteroatoms. The number of hydrogen-bond acceptors (Lipinski definition) is 5. The van der Waals surface area contributed by atoms with Gasteiger partial charge >= 0.3 is 0 Å². The fourth-order valence-corrected chi connectivity index (χ4v) is 2.12. The monoisotopic (exact) mass is 289 g/mol. The molecule has 2 N–H and O–H groups in total. The van der Waals surface area contributed by atoms with Gasteiger partial charge in [-0.15, -0.1) is 0 Å². The molecule has 2 unspecified atom stereocenters. The summed E-state index contributed by atoms with van der Waals surface area (Å²) in [6.45, 7) is 5.87. The van der Waals surface area contributed by atoms with Gasteiger partial charge in [-0.1, -0.05) is 6.92 Å². The van der Waals surface area contributed by atoms with E-state index in [1.54, 1.807) is 6.07 Å². The molecule has 112 valence electrons. The lowest BCUT2D eigenvalue weighted by atomic mass is 10.0. The molecular weight excluding hydrogens is 270 g/mol. The number of benzene rings is 1. The summed E-state index contributed by atoms with van der Waals surface area (Å²) in [4.78, 5) is 14.9. The van der Waals surface area contributed by atoms with E-state index in [2.05, 4.69) is 10.3 Å². The summed E-state index contributed by atoms with van der Waals surface area (Å²) < 4.78 is 0. The van der Waals surface area contributed by atoms with Crippen LogP contribution in [0, 0.1) is 23.0 Å². The molecular formula is C15H19N3O3. The molecule has 0 radical (unpaired) electrons. The molecule has 6 nitrogen and oxygen atoms in total. The highest BCUT2D eigenvalue weighted by Crippen LogP contribution is 2.28. The number of nitrogens with one attached hydrogen (secondary N) is 1. The number of nitro benzene ring substituents is 1. The second-order valence-corrected chi connectivity index (χ2v) is 5.36. The third-order valence-electron chi connectivity index (χ3n) is 3.66. The zero-order valence-corrected chi connectivity index (χ0v) is 12.3. The summed E-state index contributed by atoms with van der Waals surface area (Å²) in [5.41, 5.74) is 2.39. The van der Waals surface area contributed by atoms with Gasteiger partial charge in [0.2, 0.25) is 0 Å². The molecule has 2 rings (SSSR count). The maximum Gasteiger partial charge on any atom is 0.270 e. The number of hydrogen-bond donors (Lipinski definition) is 2. The molecule has 0 saturated heterocycles. The van der Waals surface area contributed by atoms with Crippen LogP contribution in [0.15, 0.2) is 24.3 Å². The van der Waals surface area contributed by atoms with Gasteiger partial charge in [0.1, 0.15) is 0 Å². The zero-order valence-electron chi connectivity index (χ0n) is 12.3. The smallest absolute Gasteiger partial charge is 0.270 e. The number of aliphatic hydroxyl groups is 1. The first-order valence-electron chi connectivity index (χ1n) is 6.85. The van der Waals surface area contributed by atoms with Crippen LogP contribution in [0.1, 0.15) is 19.5 Å². The van der Waals surface area contributed by atoms with Crippen molar-refractivity contribution in [2.45, 2.75) is 26.8 Å². The average molecular weight is 289 g/mol. The maximum atomic E-state index is 10.9. The van der Waals surface area contributed by atoms with E-state index in [1.807, 2.05) is 26.8 Å². The molecule has 0 aliphatic heterocycles. The van der Waals surface area contributed by atoms with Crippen molar-refractivity contribution in [3.05, 3.63) is 40.1 Å². The highest BCUT2D eigenvalue weighted by molar-refractivity contribution is 5.93. The lowest BCUT2D eigenvalue weighted by Crippen LogP contribution is -2.26. The summed E-state index contributed by atoms with van der Waals surface area (Å²) in [6.07, 6.45) is 0. The number of aliphatic hydroxyl groups excluding tert-OH is 1. The minimum absolute atomic E-state index is 0.0408. The Kier molecular flexibility index (Phi) is 4.37. The van der Waals surface area contributed by atoms with Crippen molar-refractivity contribution in [2.75, 3.05) is 11.9 Å². The largest absolute Gasteiger partial charge is 0.396 e. The van der Waals surface area contributed by atoms with Gasteiger partial charge in [0.15, 0.2) is 0 Å². The average Bonchev–Trinajstić information content (AvgIpc) is 2.45. The van der Waals surface area contributed by atoms with Gasteiger partial charge in [0.25, 0.3) is 5.69 Å². The predicted molar refractivity (Wildman–Crippen MR) is 82.5 cm³/mol. The molecule has 0 amide bonds. The highest BCUT2D eigenvalue weighted by Gasteiger charge is 2.15. The Morgan fingerprint density at radius 3 is 2.71 bits per heavy atom. The topological polar surface area (TPSA) is 88.3 Å². The SMILES string of the molecule is Cc1cc(NC(C)C(C)CO)c2cc([N+](=O)[O-])ccc2n1. The Balaban J connectivity index is 2.50. The molecule has 1 aromatic heterocycles. The van der Waals surface area contributed by atoms with Crippen molar-refractivity contribution in [2.24, 2.45) is 5.92 Å². The van der Waals surface area contributed by atoms with E-state index in [0.717, 1.165) is 11.4 Å². The molecule has 2 aromatic rings. The van der Waals surface area contributed by atoms with E-state index < -0.39 is 4.92 Å². The van der Waals surface area contributed by atoms with E-state index >= 15 is 0 Å². The van der Waals surface area contributed by atoms with E-state index in [0.29, 0.717) is 10.9 Å². The van der Waals surface area contributed by atoms with Gasteiger partial charge in [0, 0.05) is 41.5 Å². The van der Waals surface area contributed by atoms with Gasteiger partial charge in [0.05, 0.1) is 10.4 Å². The molecule has 0 fully saturated rings. The Morgan fingerprint density at radius 2 is 2.10 bits per heavy atom.